The van der Waals surface area contributed by atoms with Gasteiger partial charge in [-0.15, -0.1) is 0 Å². The van der Waals surface area contributed by atoms with E-state index >= 15 is 0 Å². The molecule has 3 unspecified atom stereocenters. The van der Waals surface area contributed by atoms with Gasteiger partial charge >= 0.3 is 0 Å². The fraction of sp³-hybridized carbons (Fsp3) is 0.714. The zero-order valence-electron chi connectivity index (χ0n) is 11.0. The van der Waals surface area contributed by atoms with E-state index in [1.165, 1.54) is 12.8 Å². The average molecular weight is 250 g/mol. The van der Waals surface area contributed by atoms with Crippen molar-refractivity contribution in [3.63, 3.8) is 0 Å². The quantitative estimate of drug-likeness (QED) is 0.883. The molecule has 4 nitrogen and oxygen atoms in total. The number of hydrogen-bond acceptors (Lipinski definition) is 4. The molecule has 100 valence electrons. The second kappa shape index (κ2) is 5.03. The Morgan fingerprint density at radius 1 is 1.33 bits per heavy atom. The van der Waals surface area contributed by atoms with Crippen LogP contribution < -0.4 is 5.73 Å². The Hall–Kier alpha value is -0.840. The first-order valence-electron chi connectivity index (χ1n) is 6.98. The van der Waals surface area contributed by atoms with Crippen LogP contribution in [0.25, 0.3) is 0 Å². The van der Waals surface area contributed by atoms with Gasteiger partial charge in [0.25, 0.3) is 0 Å². The first kappa shape index (κ1) is 12.2. The Kier molecular flexibility index (Phi) is 3.41. The lowest BCUT2D eigenvalue weighted by molar-refractivity contribution is -0.0546. The van der Waals surface area contributed by atoms with Gasteiger partial charge < -0.3 is 14.9 Å². The minimum atomic E-state index is 0.206. The molecular formula is C14H22N2O2. The van der Waals surface area contributed by atoms with Crippen molar-refractivity contribution in [2.45, 2.75) is 44.4 Å². The molecule has 2 fully saturated rings. The molecule has 3 atom stereocenters. The van der Waals surface area contributed by atoms with Gasteiger partial charge in [-0.05, 0) is 25.0 Å². The number of furan rings is 1. The fourth-order valence-electron chi connectivity index (χ4n) is 3.11. The normalized spacial score (nSPS) is 29.7. The number of aryl methyl sites for hydroxylation is 1. The summed E-state index contributed by atoms with van der Waals surface area (Å²) in [4.78, 5) is 2.43. The molecule has 0 radical (unpaired) electrons. The van der Waals surface area contributed by atoms with Crippen LogP contribution in [-0.2, 0) is 11.2 Å². The molecule has 2 saturated heterocycles. The lowest BCUT2D eigenvalue weighted by Crippen LogP contribution is -2.46. The minimum Gasteiger partial charge on any atom is -0.464 e. The molecule has 4 heteroatoms. The second-order valence-electron chi connectivity index (χ2n) is 5.32. The molecule has 0 amide bonds. The first-order valence-corrected chi connectivity index (χ1v) is 6.98. The molecule has 2 N–H and O–H groups in total. The van der Waals surface area contributed by atoms with Crippen molar-refractivity contribution in [1.29, 1.82) is 0 Å². The van der Waals surface area contributed by atoms with E-state index in [1.807, 2.05) is 0 Å². The van der Waals surface area contributed by atoms with Crippen molar-refractivity contribution in [3.8, 4) is 0 Å². The van der Waals surface area contributed by atoms with Crippen LogP contribution in [0, 0.1) is 0 Å². The third-order valence-corrected chi connectivity index (χ3v) is 4.10. The molecule has 0 aliphatic carbocycles. The largest absolute Gasteiger partial charge is 0.464 e. The second-order valence-corrected chi connectivity index (χ2v) is 5.32. The molecule has 0 saturated carbocycles. The maximum Gasteiger partial charge on any atom is 0.122 e. The van der Waals surface area contributed by atoms with E-state index in [-0.39, 0.29) is 6.04 Å². The lowest BCUT2D eigenvalue weighted by Gasteiger charge is -2.36. The number of morpholine rings is 1. The maximum atomic E-state index is 5.96. The van der Waals surface area contributed by atoms with Crippen LogP contribution in [0.15, 0.2) is 16.5 Å². The van der Waals surface area contributed by atoms with E-state index in [0.717, 1.165) is 31.0 Å². The molecule has 2 bridgehead atoms. The predicted octanol–water partition coefficient (Wildman–Crippen LogP) is 1.70. The number of ether oxygens (including phenoxy) is 1. The number of rotatable bonds is 4. The van der Waals surface area contributed by atoms with Crippen LogP contribution in [0.2, 0.25) is 0 Å². The average Bonchev–Trinajstić information content (AvgIpc) is 2.98. The molecule has 3 rings (SSSR count). The van der Waals surface area contributed by atoms with Crippen molar-refractivity contribution in [1.82, 2.24) is 4.90 Å². The van der Waals surface area contributed by atoms with Gasteiger partial charge in [0, 0.05) is 26.1 Å². The van der Waals surface area contributed by atoms with Crippen molar-refractivity contribution >= 4 is 0 Å². The van der Waals surface area contributed by atoms with Crippen molar-refractivity contribution in [3.05, 3.63) is 23.7 Å². The molecular weight excluding hydrogens is 228 g/mol. The summed E-state index contributed by atoms with van der Waals surface area (Å²) in [6, 6.07) is 4.35. The van der Waals surface area contributed by atoms with Crippen molar-refractivity contribution in [2.75, 3.05) is 19.6 Å². The van der Waals surface area contributed by atoms with Crippen LogP contribution in [0.4, 0.5) is 0 Å². The van der Waals surface area contributed by atoms with E-state index in [4.69, 9.17) is 14.9 Å². The predicted molar refractivity (Wildman–Crippen MR) is 69.3 cm³/mol. The highest BCUT2D eigenvalue weighted by molar-refractivity contribution is 5.12. The summed E-state index contributed by atoms with van der Waals surface area (Å²) in [5.74, 6) is 2.05. The molecule has 2 aliphatic rings. The number of nitrogens with two attached hydrogens (primary N) is 1. The third-order valence-electron chi connectivity index (χ3n) is 4.10. The first-order chi connectivity index (χ1) is 8.80. The summed E-state index contributed by atoms with van der Waals surface area (Å²) < 4.78 is 11.7. The molecule has 1 aromatic rings. The zero-order valence-corrected chi connectivity index (χ0v) is 11.0. The fourth-order valence-corrected chi connectivity index (χ4v) is 3.11. The Labute approximate surface area is 108 Å². The van der Waals surface area contributed by atoms with Gasteiger partial charge in [0.05, 0.1) is 18.2 Å². The van der Waals surface area contributed by atoms with E-state index in [1.54, 1.807) is 0 Å². The van der Waals surface area contributed by atoms with E-state index in [0.29, 0.717) is 18.8 Å². The van der Waals surface area contributed by atoms with Crippen LogP contribution in [-0.4, -0.2) is 36.7 Å². The Bertz CT molecular complexity index is 392. The van der Waals surface area contributed by atoms with Crippen LogP contribution >= 0.6 is 0 Å². The smallest absolute Gasteiger partial charge is 0.122 e. The maximum absolute atomic E-state index is 5.96. The van der Waals surface area contributed by atoms with Gasteiger partial charge in [0.15, 0.2) is 0 Å². The van der Waals surface area contributed by atoms with Crippen molar-refractivity contribution < 1.29 is 9.15 Å². The number of likely N-dealkylation sites (tertiary alicyclic amines) is 1. The van der Waals surface area contributed by atoms with Gasteiger partial charge in [-0.3, -0.25) is 4.90 Å². The zero-order chi connectivity index (χ0) is 12.5. The summed E-state index contributed by atoms with van der Waals surface area (Å²) in [7, 11) is 0. The van der Waals surface area contributed by atoms with Crippen LogP contribution in [0.5, 0.6) is 0 Å². The highest BCUT2D eigenvalue weighted by Gasteiger charge is 2.37. The van der Waals surface area contributed by atoms with Gasteiger partial charge in [0.1, 0.15) is 11.5 Å². The Morgan fingerprint density at radius 2 is 2.06 bits per heavy atom. The van der Waals surface area contributed by atoms with Crippen molar-refractivity contribution in [2.24, 2.45) is 5.73 Å². The minimum absolute atomic E-state index is 0.206. The van der Waals surface area contributed by atoms with E-state index in [2.05, 4.69) is 24.0 Å². The molecule has 18 heavy (non-hydrogen) atoms. The molecule has 1 aromatic heterocycles. The van der Waals surface area contributed by atoms with Gasteiger partial charge in [-0.2, -0.15) is 0 Å². The third kappa shape index (κ3) is 2.20. The topological polar surface area (TPSA) is 51.6 Å². The SMILES string of the molecule is CCc1ccc(C(CN)N2CC3CCC(C2)O3)o1. The number of hydrogen-bond donors (Lipinski definition) is 1. The Balaban J connectivity index is 1.75. The summed E-state index contributed by atoms with van der Waals surface area (Å²) in [5, 5.41) is 0. The summed E-state index contributed by atoms with van der Waals surface area (Å²) in [5.41, 5.74) is 5.96. The standard InChI is InChI=1S/C14H22N2O2/c1-2-10-5-6-14(18-10)13(7-15)16-8-11-3-4-12(9-16)17-11/h5-6,11-13H,2-4,7-9,15H2,1H3. The van der Waals surface area contributed by atoms with Gasteiger partial charge in [0.2, 0.25) is 0 Å². The van der Waals surface area contributed by atoms with Crippen LogP contribution in [0.1, 0.15) is 37.3 Å². The highest BCUT2D eigenvalue weighted by atomic mass is 16.5. The van der Waals surface area contributed by atoms with Crippen LogP contribution in [0.3, 0.4) is 0 Å². The lowest BCUT2D eigenvalue weighted by atomic mass is 10.1. The van der Waals surface area contributed by atoms with Gasteiger partial charge in [-0.1, -0.05) is 6.92 Å². The summed E-state index contributed by atoms with van der Waals surface area (Å²) >= 11 is 0. The van der Waals surface area contributed by atoms with Gasteiger partial charge in [-0.25, -0.2) is 0 Å². The van der Waals surface area contributed by atoms with E-state index < -0.39 is 0 Å². The summed E-state index contributed by atoms with van der Waals surface area (Å²) in [6.07, 6.45) is 4.12. The molecule has 0 aromatic carbocycles. The Morgan fingerprint density at radius 3 is 2.61 bits per heavy atom. The molecule has 0 spiro atoms. The molecule has 3 heterocycles. The number of fused-ring (bicyclic) bond motifs is 2. The number of nitrogens with zero attached hydrogens (tertiary/aromatic N) is 1. The monoisotopic (exact) mass is 250 g/mol. The molecule has 2 aliphatic heterocycles. The van der Waals surface area contributed by atoms with E-state index in [9.17, 15) is 0 Å². The highest BCUT2D eigenvalue weighted by Crippen LogP contribution is 2.32. The summed E-state index contributed by atoms with van der Waals surface area (Å²) in [6.45, 7) is 4.69.